The van der Waals surface area contributed by atoms with Gasteiger partial charge >= 0.3 is 0 Å². The third kappa shape index (κ3) is 4.80. The summed E-state index contributed by atoms with van der Waals surface area (Å²) in [5.41, 5.74) is 3.26. The average Bonchev–Trinajstić information content (AvgIpc) is 3.50. The smallest absolute Gasteiger partial charge is 0.170 e. The number of morpholine rings is 1. The summed E-state index contributed by atoms with van der Waals surface area (Å²) in [6.45, 7) is 5.58. The first kappa shape index (κ1) is 22.8. The van der Waals surface area contributed by atoms with Gasteiger partial charge in [-0.3, -0.25) is 9.88 Å². The topological polar surface area (TPSA) is 54.8 Å². The molecule has 2 fully saturated rings. The summed E-state index contributed by atoms with van der Waals surface area (Å²) in [6, 6.07) is 18.5. The minimum atomic E-state index is -0.0241. The Bertz CT molecular complexity index is 1080. The maximum Gasteiger partial charge on any atom is 0.170 e. The van der Waals surface area contributed by atoms with Crippen molar-refractivity contribution in [3.8, 4) is 11.4 Å². The van der Waals surface area contributed by atoms with Gasteiger partial charge in [-0.25, -0.2) is 0 Å². The molecule has 0 spiro atoms. The van der Waals surface area contributed by atoms with Crippen LogP contribution in [0, 0.1) is 0 Å². The molecule has 0 saturated carbocycles. The van der Waals surface area contributed by atoms with E-state index in [1.807, 2.05) is 30.5 Å². The van der Waals surface area contributed by atoms with Gasteiger partial charge in [0.2, 0.25) is 0 Å². The molecule has 2 aromatic heterocycles. The number of rotatable bonds is 8. The van der Waals surface area contributed by atoms with Crippen LogP contribution in [0.4, 0.5) is 0 Å². The van der Waals surface area contributed by atoms with Gasteiger partial charge in [-0.1, -0.05) is 6.07 Å². The number of thiocarbonyl (C=S) groups is 1. The van der Waals surface area contributed by atoms with E-state index in [9.17, 15) is 0 Å². The molecule has 0 bridgehead atoms. The summed E-state index contributed by atoms with van der Waals surface area (Å²) in [4.78, 5) is 9.48. The molecule has 2 unspecified atom stereocenters. The normalized spacial score (nSPS) is 21.0. The SMILES string of the molecule is COc1ccc(-n2cccc2C2C(c3ccccn3)NC(=S)N2CCCN2CCOCC2)cc1. The Morgan fingerprint density at radius 3 is 2.62 bits per heavy atom. The van der Waals surface area contributed by atoms with Gasteiger partial charge in [0.05, 0.1) is 38.1 Å². The predicted molar refractivity (Wildman–Crippen MR) is 136 cm³/mol. The Morgan fingerprint density at radius 2 is 1.88 bits per heavy atom. The molecule has 1 N–H and O–H groups in total. The summed E-state index contributed by atoms with van der Waals surface area (Å²) in [6.07, 6.45) is 5.00. The third-order valence-electron chi connectivity index (χ3n) is 6.61. The predicted octanol–water partition coefficient (Wildman–Crippen LogP) is 3.58. The van der Waals surface area contributed by atoms with Gasteiger partial charge < -0.3 is 24.3 Å². The van der Waals surface area contributed by atoms with Gasteiger partial charge in [-0.15, -0.1) is 0 Å². The van der Waals surface area contributed by atoms with E-state index in [1.54, 1.807) is 7.11 Å². The highest BCUT2D eigenvalue weighted by atomic mass is 32.1. The molecule has 5 rings (SSSR count). The minimum Gasteiger partial charge on any atom is -0.497 e. The van der Waals surface area contributed by atoms with Crippen LogP contribution < -0.4 is 10.1 Å². The van der Waals surface area contributed by atoms with Gasteiger partial charge in [0.15, 0.2) is 5.11 Å². The van der Waals surface area contributed by atoms with E-state index in [1.165, 1.54) is 5.69 Å². The summed E-state index contributed by atoms with van der Waals surface area (Å²) in [5.74, 6) is 0.845. The second-order valence-corrected chi connectivity index (χ2v) is 9.02. The average molecular weight is 478 g/mol. The molecule has 2 saturated heterocycles. The fourth-order valence-electron chi connectivity index (χ4n) is 4.87. The summed E-state index contributed by atoms with van der Waals surface area (Å²) in [5, 5.41) is 4.35. The zero-order chi connectivity index (χ0) is 23.3. The number of hydrogen-bond donors (Lipinski definition) is 1. The van der Waals surface area contributed by atoms with Gasteiger partial charge in [0.25, 0.3) is 0 Å². The molecule has 4 heterocycles. The number of aromatic nitrogens is 2. The minimum absolute atomic E-state index is 0.0241. The fourth-order valence-corrected chi connectivity index (χ4v) is 5.20. The molecule has 178 valence electrons. The number of nitrogens with one attached hydrogen (secondary N) is 1. The highest BCUT2D eigenvalue weighted by Crippen LogP contribution is 2.39. The lowest BCUT2D eigenvalue weighted by molar-refractivity contribution is 0.0365. The Kier molecular flexibility index (Phi) is 7.08. The molecule has 0 radical (unpaired) electrons. The fraction of sp³-hybridized carbons (Fsp3) is 0.385. The molecular formula is C26H31N5O2S. The summed E-state index contributed by atoms with van der Waals surface area (Å²) < 4.78 is 13.1. The highest BCUT2D eigenvalue weighted by molar-refractivity contribution is 7.80. The molecule has 2 aliphatic rings. The van der Waals surface area contributed by atoms with E-state index in [0.717, 1.165) is 68.1 Å². The van der Waals surface area contributed by atoms with Crippen LogP contribution in [0.25, 0.3) is 5.69 Å². The first-order valence-corrected chi connectivity index (χ1v) is 12.3. The van der Waals surface area contributed by atoms with Crippen molar-refractivity contribution in [1.82, 2.24) is 24.7 Å². The van der Waals surface area contributed by atoms with Crippen LogP contribution in [0.3, 0.4) is 0 Å². The van der Waals surface area contributed by atoms with Crippen LogP contribution >= 0.6 is 12.2 Å². The summed E-state index contributed by atoms with van der Waals surface area (Å²) in [7, 11) is 1.69. The number of benzene rings is 1. The van der Waals surface area contributed by atoms with Gasteiger partial charge in [-0.05, 0) is 67.2 Å². The van der Waals surface area contributed by atoms with E-state index >= 15 is 0 Å². The number of ether oxygens (including phenoxy) is 2. The number of methoxy groups -OCH3 is 1. The molecule has 0 amide bonds. The number of hydrogen-bond acceptors (Lipinski definition) is 5. The highest BCUT2D eigenvalue weighted by Gasteiger charge is 2.41. The maximum atomic E-state index is 5.86. The van der Waals surface area contributed by atoms with Crippen molar-refractivity contribution in [2.75, 3.05) is 46.5 Å². The van der Waals surface area contributed by atoms with Gasteiger partial charge in [0.1, 0.15) is 5.75 Å². The monoisotopic (exact) mass is 477 g/mol. The van der Waals surface area contributed by atoms with Crippen molar-refractivity contribution < 1.29 is 9.47 Å². The molecule has 3 aromatic rings. The Morgan fingerprint density at radius 1 is 1.06 bits per heavy atom. The third-order valence-corrected chi connectivity index (χ3v) is 6.96. The quantitative estimate of drug-likeness (QED) is 0.498. The van der Waals surface area contributed by atoms with E-state index in [0.29, 0.717) is 0 Å². The van der Waals surface area contributed by atoms with Crippen LogP contribution in [0.5, 0.6) is 5.75 Å². The van der Waals surface area contributed by atoms with Crippen LogP contribution in [0.1, 0.15) is 29.9 Å². The number of nitrogens with zero attached hydrogens (tertiary/aromatic N) is 4. The van der Waals surface area contributed by atoms with Crippen LogP contribution in [0.2, 0.25) is 0 Å². The molecule has 2 atom stereocenters. The standard InChI is InChI=1S/C26H31N5O2S/c1-32-21-10-8-20(9-11-21)30-14-4-7-23(30)25-24(22-6-2-3-12-27-22)28-26(34)31(25)15-5-13-29-16-18-33-19-17-29/h2-4,6-12,14,24-25H,5,13,15-19H2,1H3,(H,28,34). The van der Waals surface area contributed by atoms with Crippen molar-refractivity contribution >= 4 is 17.3 Å². The zero-order valence-corrected chi connectivity index (χ0v) is 20.3. The lowest BCUT2D eigenvalue weighted by atomic mass is 10.0. The molecule has 34 heavy (non-hydrogen) atoms. The van der Waals surface area contributed by atoms with Crippen molar-refractivity contribution in [2.45, 2.75) is 18.5 Å². The Hall–Kier alpha value is -2.94. The van der Waals surface area contributed by atoms with E-state index in [2.05, 4.69) is 61.2 Å². The lowest BCUT2D eigenvalue weighted by Crippen LogP contribution is -2.39. The van der Waals surface area contributed by atoms with Gasteiger partial charge in [0, 0.05) is 50.0 Å². The van der Waals surface area contributed by atoms with Crippen molar-refractivity contribution in [2.24, 2.45) is 0 Å². The lowest BCUT2D eigenvalue weighted by Gasteiger charge is -2.31. The first-order chi connectivity index (χ1) is 16.7. The van der Waals surface area contributed by atoms with E-state index in [4.69, 9.17) is 21.7 Å². The molecule has 2 aliphatic heterocycles. The van der Waals surface area contributed by atoms with Crippen LogP contribution in [-0.4, -0.2) is 71.0 Å². The van der Waals surface area contributed by atoms with Crippen molar-refractivity contribution in [3.05, 3.63) is 78.4 Å². The molecule has 8 heteroatoms. The first-order valence-electron chi connectivity index (χ1n) is 11.8. The van der Waals surface area contributed by atoms with Crippen molar-refractivity contribution in [3.63, 3.8) is 0 Å². The zero-order valence-electron chi connectivity index (χ0n) is 19.5. The summed E-state index contributed by atoms with van der Waals surface area (Å²) >= 11 is 5.86. The van der Waals surface area contributed by atoms with E-state index < -0.39 is 0 Å². The molecule has 7 nitrogen and oxygen atoms in total. The number of pyridine rings is 1. The van der Waals surface area contributed by atoms with Crippen LogP contribution in [-0.2, 0) is 4.74 Å². The largest absolute Gasteiger partial charge is 0.497 e. The maximum absolute atomic E-state index is 5.86. The second kappa shape index (κ2) is 10.5. The van der Waals surface area contributed by atoms with Gasteiger partial charge in [-0.2, -0.15) is 0 Å². The van der Waals surface area contributed by atoms with Crippen LogP contribution in [0.15, 0.2) is 67.0 Å². The molecule has 1 aromatic carbocycles. The Balaban J connectivity index is 1.43. The molecule has 0 aliphatic carbocycles. The molecular weight excluding hydrogens is 446 g/mol. The van der Waals surface area contributed by atoms with E-state index in [-0.39, 0.29) is 12.1 Å². The Labute approximate surface area is 206 Å². The second-order valence-electron chi connectivity index (χ2n) is 8.63. The van der Waals surface area contributed by atoms with Crippen molar-refractivity contribution in [1.29, 1.82) is 0 Å².